The monoisotopic (exact) mass is 186 g/mol. The van der Waals surface area contributed by atoms with E-state index in [1.807, 2.05) is 0 Å². The van der Waals surface area contributed by atoms with Gasteiger partial charge in [-0.1, -0.05) is 11.8 Å². The highest BCUT2D eigenvalue weighted by Crippen LogP contribution is 2.23. The molecule has 0 aromatic carbocycles. The summed E-state index contributed by atoms with van der Waals surface area (Å²) < 4.78 is 0. The Bertz CT molecular complexity index is 209. The zero-order valence-electron chi connectivity index (χ0n) is 6.58. The predicted molar refractivity (Wildman–Crippen MR) is 46.0 cm³/mol. The van der Waals surface area contributed by atoms with E-state index >= 15 is 0 Å². The molecular formula is C7H10N2O2S. The molecule has 2 rings (SSSR count). The Morgan fingerprint density at radius 1 is 1.50 bits per heavy atom. The van der Waals surface area contributed by atoms with Crippen molar-refractivity contribution in [1.82, 2.24) is 10.2 Å². The number of amides is 2. The summed E-state index contributed by atoms with van der Waals surface area (Å²) in [5.74, 6) is 0.300. The summed E-state index contributed by atoms with van der Waals surface area (Å²) in [5.41, 5.74) is 0. The first-order valence-electron chi connectivity index (χ1n) is 3.98. The van der Waals surface area contributed by atoms with Crippen LogP contribution in [0.2, 0.25) is 0 Å². The molecule has 2 amide bonds. The van der Waals surface area contributed by atoms with Crippen molar-refractivity contribution in [3.8, 4) is 0 Å². The third kappa shape index (κ3) is 1.23. The largest absolute Gasteiger partial charge is 0.315 e. The fourth-order valence-electron chi connectivity index (χ4n) is 1.58. The van der Waals surface area contributed by atoms with E-state index in [2.05, 4.69) is 5.32 Å². The molecule has 12 heavy (non-hydrogen) atoms. The second-order valence-electron chi connectivity index (χ2n) is 2.96. The van der Waals surface area contributed by atoms with E-state index in [4.69, 9.17) is 0 Å². The van der Waals surface area contributed by atoms with E-state index < -0.39 is 0 Å². The zero-order valence-corrected chi connectivity index (χ0v) is 7.39. The van der Waals surface area contributed by atoms with Crippen LogP contribution in [0.1, 0.15) is 6.42 Å². The first-order chi connectivity index (χ1) is 5.79. The smallest absolute Gasteiger partial charge is 0.289 e. The molecule has 2 aliphatic rings. The Morgan fingerprint density at radius 3 is 2.83 bits per heavy atom. The van der Waals surface area contributed by atoms with Crippen LogP contribution in [0.4, 0.5) is 4.79 Å². The normalized spacial score (nSPS) is 30.3. The number of hydrogen-bond donors (Lipinski definition) is 1. The Hall–Kier alpha value is -0.550. The number of hydrogen-bond acceptors (Lipinski definition) is 4. The van der Waals surface area contributed by atoms with E-state index in [1.54, 1.807) is 0 Å². The fraction of sp³-hybridized carbons (Fsp3) is 0.714. The topological polar surface area (TPSA) is 49.4 Å². The molecule has 2 fully saturated rings. The van der Waals surface area contributed by atoms with Gasteiger partial charge in [-0.2, -0.15) is 0 Å². The Balaban J connectivity index is 2.09. The van der Waals surface area contributed by atoms with Crippen LogP contribution < -0.4 is 5.32 Å². The molecule has 0 aliphatic carbocycles. The van der Waals surface area contributed by atoms with E-state index in [-0.39, 0.29) is 17.2 Å². The van der Waals surface area contributed by atoms with Crippen molar-refractivity contribution in [3.05, 3.63) is 0 Å². The summed E-state index contributed by atoms with van der Waals surface area (Å²) >= 11 is 1.11. The van der Waals surface area contributed by atoms with Gasteiger partial charge < -0.3 is 5.32 Å². The SMILES string of the molecule is O=C1CSC(=O)N1C1CCNC1. The molecule has 66 valence electrons. The van der Waals surface area contributed by atoms with Gasteiger partial charge in [-0.25, -0.2) is 0 Å². The van der Waals surface area contributed by atoms with Crippen LogP contribution in [0.25, 0.3) is 0 Å². The number of carbonyl (C=O) groups excluding carboxylic acids is 2. The summed E-state index contributed by atoms with van der Waals surface area (Å²) in [7, 11) is 0. The molecule has 2 aliphatic heterocycles. The van der Waals surface area contributed by atoms with Gasteiger partial charge in [-0.15, -0.1) is 0 Å². The number of nitrogens with zero attached hydrogens (tertiary/aromatic N) is 1. The van der Waals surface area contributed by atoms with Crippen molar-refractivity contribution in [1.29, 1.82) is 0 Å². The summed E-state index contributed by atoms with van der Waals surface area (Å²) in [6, 6.07) is 0.111. The second kappa shape index (κ2) is 3.06. The molecule has 0 bridgehead atoms. The summed E-state index contributed by atoms with van der Waals surface area (Å²) in [5, 5.41) is 3.06. The Kier molecular flexibility index (Phi) is 2.06. The minimum absolute atomic E-state index is 0.0290. The van der Waals surface area contributed by atoms with Gasteiger partial charge in [0.05, 0.1) is 11.8 Å². The standard InChI is InChI=1S/C7H10N2O2S/c10-6-4-12-7(11)9(6)5-1-2-8-3-5/h5,8H,1-4H2. The maximum absolute atomic E-state index is 11.2. The van der Waals surface area contributed by atoms with Crippen LogP contribution in [0, 0.1) is 0 Å². The molecule has 0 aromatic rings. The van der Waals surface area contributed by atoms with Crippen LogP contribution in [-0.4, -0.2) is 40.9 Å². The van der Waals surface area contributed by atoms with Gasteiger partial charge in [0.2, 0.25) is 5.91 Å². The Labute approximate surface area is 74.7 Å². The maximum atomic E-state index is 11.2. The molecule has 0 saturated carbocycles. The number of imide groups is 1. The average molecular weight is 186 g/mol. The van der Waals surface area contributed by atoms with Gasteiger partial charge in [0.15, 0.2) is 0 Å². The summed E-state index contributed by atoms with van der Waals surface area (Å²) in [4.78, 5) is 23.8. The molecule has 1 atom stereocenters. The number of thioether (sulfide) groups is 1. The average Bonchev–Trinajstić information content (AvgIpc) is 2.61. The summed E-state index contributed by atoms with van der Waals surface area (Å²) in [6.07, 6.45) is 0.901. The van der Waals surface area contributed by atoms with E-state index in [0.29, 0.717) is 5.75 Å². The molecule has 1 N–H and O–H groups in total. The van der Waals surface area contributed by atoms with Gasteiger partial charge in [-0.05, 0) is 13.0 Å². The van der Waals surface area contributed by atoms with Crippen molar-refractivity contribution in [2.24, 2.45) is 0 Å². The maximum Gasteiger partial charge on any atom is 0.289 e. The first-order valence-corrected chi connectivity index (χ1v) is 4.97. The minimum atomic E-state index is -0.0753. The lowest BCUT2D eigenvalue weighted by molar-refractivity contribution is -0.125. The first kappa shape index (κ1) is 8.07. The molecule has 2 saturated heterocycles. The highest BCUT2D eigenvalue weighted by molar-refractivity contribution is 8.14. The quantitative estimate of drug-likeness (QED) is 0.628. The predicted octanol–water partition coefficient (Wildman–Crippen LogP) is 0.0437. The highest BCUT2D eigenvalue weighted by atomic mass is 32.2. The molecule has 4 nitrogen and oxygen atoms in total. The number of carbonyl (C=O) groups is 2. The van der Waals surface area contributed by atoms with Crippen LogP contribution in [0.3, 0.4) is 0 Å². The van der Waals surface area contributed by atoms with E-state index in [9.17, 15) is 9.59 Å². The third-order valence-corrected chi connectivity index (χ3v) is 3.02. The fourth-order valence-corrected chi connectivity index (χ4v) is 2.35. The van der Waals surface area contributed by atoms with Crippen LogP contribution in [0.15, 0.2) is 0 Å². The van der Waals surface area contributed by atoms with Gasteiger partial charge >= 0.3 is 0 Å². The Morgan fingerprint density at radius 2 is 2.33 bits per heavy atom. The molecule has 0 aromatic heterocycles. The van der Waals surface area contributed by atoms with E-state index in [0.717, 1.165) is 31.3 Å². The lowest BCUT2D eigenvalue weighted by atomic mass is 10.2. The molecule has 0 radical (unpaired) electrons. The van der Waals surface area contributed by atoms with Crippen molar-refractivity contribution in [2.75, 3.05) is 18.8 Å². The zero-order chi connectivity index (χ0) is 8.55. The van der Waals surface area contributed by atoms with Crippen LogP contribution in [-0.2, 0) is 4.79 Å². The minimum Gasteiger partial charge on any atom is -0.315 e. The van der Waals surface area contributed by atoms with Crippen LogP contribution >= 0.6 is 11.8 Å². The second-order valence-corrected chi connectivity index (χ2v) is 3.89. The van der Waals surface area contributed by atoms with Crippen LogP contribution in [0.5, 0.6) is 0 Å². The lowest BCUT2D eigenvalue weighted by Crippen LogP contribution is -2.40. The molecule has 2 heterocycles. The van der Waals surface area contributed by atoms with Crippen molar-refractivity contribution in [3.63, 3.8) is 0 Å². The molecule has 0 spiro atoms. The van der Waals surface area contributed by atoms with Crippen molar-refractivity contribution >= 4 is 22.9 Å². The van der Waals surface area contributed by atoms with Gasteiger partial charge in [0.1, 0.15) is 0 Å². The van der Waals surface area contributed by atoms with Gasteiger partial charge in [-0.3, -0.25) is 14.5 Å². The molecule has 1 unspecified atom stereocenters. The molecule has 5 heteroatoms. The molecular weight excluding hydrogens is 176 g/mol. The van der Waals surface area contributed by atoms with E-state index in [1.165, 1.54) is 4.90 Å². The lowest BCUT2D eigenvalue weighted by Gasteiger charge is -2.19. The van der Waals surface area contributed by atoms with Gasteiger partial charge in [0.25, 0.3) is 5.24 Å². The number of rotatable bonds is 1. The van der Waals surface area contributed by atoms with Gasteiger partial charge in [0, 0.05) is 6.54 Å². The number of nitrogens with one attached hydrogen (secondary N) is 1. The highest BCUT2D eigenvalue weighted by Gasteiger charge is 2.36. The third-order valence-electron chi connectivity index (χ3n) is 2.18. The summed E-state index contributed by atoms with van der Waals surface area (Å²) in [6.45, 7) is 1.67. The van der Waals surface area contributed by atoms with Crippen molar-refractivity contribution < 1.29 is 9.59 Å². The van der Waals surface area contributed by atoms with Crippen molar-refractivity contribution in [2.45, 2.75) is 12.5 Å².